The molecule has 1 aliphatic heterocycles. The maximum atomic E-state index is 13.1. The van der Waals surface area contributed by atoms with Crippen molar-refractivity contribution in [2.45, 2.75) is 45.9 Å². The normalized spacial score (nSPS) is 14.1. The number of nitrogens with one attached hydrogen (secondary N) is 1. The molecule has 8 heteroatoms. The molecule has 0 unspecified atom stereocenters. The van der Waals surface area contributed by atoms with Gasteiger partial charge in [-0.25, -0.2) is 4.39 Å². The van der Waals surface area contributed by atoms with E-state index in [1.807, 2.05) is 13.8 Å². The summed E-state index contributed by atoms with van der Waals surface area (Å²) in [5.74, 6) is -0.780. The van der Waals surface area contributed by atoms with Crippen molar-refractivity contribution in [3.8, 4) is 0 Å². The SMILES string of the molecule is CC(C)OCCCNC(=O)c1cc2n(n1)CCCN(Cc1ccc(F)cc1)C2=O. The Balaban J connectivity index is 1.62. The maximum Gasteiger partial charge on any atom is 0.272 e. The Hall–Kier alpha value is -2.74. The van der Waals surface area contributed by atoms with Crippen molar-refractivity contribution in [3.63, 3.8) is 0 Å². The fourth-order valence-corrected chi connectivity index (χ4v) is 3.19. The third-order valence-electron chi connectivity index (χ3n) is 4.66. The van der Waals surface area contributed by atoms with Gasteiger partial charge in [0.1, 0.15) is 11.5 Å². The molecule has 0 radical (unpaired) electrons. The second-order valence-electron chi connectivity index (χ2n) is 7.37. The first kappa shape index (κ1) is 21.0. The Morgan fingerprint density at radius 2 is 2.03 bits per heavy atom. The van der Waals surface area contributed by atoms with Crippen LogP contribution in [0.15, 0.2) is 30.3 Å². The lowest BCUT2D eigenvalue weighted by atomic mass is 10.2. The molecule has 1 aromatic heterocycles. The highest BCUT2D eigenvalue weighted by Crippen LogP contribution is 2.17. The van der Waals surface area contributed by atoms with Gasteiger partial charge in [0.2, 0.25) is 0 Å². The van der Waals surface area contributed by atoms with E-state index in [9.17, 15) is 14.0 Å². The highest BCUT2D eigenvalue weighted by Gasteiger charge is 2.26. The predicted octanol–water partition coefficient (Wildman–Crippen LogP) is 2.61. The minimum absolute atomic E-state index is 0.165. The summed E-state index contributed by atoms with van der Waals surface area (Å²) in [7, 11) is 0. The van der Waals surface area contributed by atoms with Gasteiger partial charge in [0.25, 0.3) is 11.8 Å². The fraction of sp³-hybridized carbons (Fsp3) is 0.476. The molecule has 2 heterocycles. The van der Waals surface area contributed by atoms with E-state index in [2.05, 4.69) is 10.4 Å². The lowest BCUT2D eigenvalue weighted by molar-refractivity contribution is 0.0743. The molecular formula is C21H27FN4O3. The number of aryl methyl sites for hydroxylation is 1. The number of aromatic nitrogens is 2. The fourth-order valence-electron chi connectivity index (χ4n) is 3.19. The average Bonchev–Trinajstić information content (AvgIpc) is 3.06. The number of carbonyl (C=O) groups excluding carboxylic acids is 2. The van der Waals surface area contributed by atoms with E-state index in [4.69, 9.17) is 4.74 Å². The topological polar surface area (TPSA) is 76.5 Å². The van der Waals surface area contributed by atoms with E-state index in [1.54, 1.807) is 27.8 Å². The van der Waals surface area contributed by atoms with Crippen LogP contribution in [-0.4, -0.2) is 52.3 Å². The summed E-state index contributed by atoms with van der Waals surface area (Å²) in [4.78, 5) is 27.0. The van der Waals surface area contributed by atoms with Gasteiger partial charge in [0.05, 0.1) is 6.10 Å². The van der Waals surface area contributed by atoms with Crippen LogP contribution in [0.4, 0.5) is 4.39 Å². The zero-order valence-electron chi connectivity index (χ0n) is 16.9. The molecule has 1 aliphatic rings. The Kier molecular flexibility index (Phi) is 6.98. The van der Waals surface area contributed by atoms with Crippen LogP contribution >= 0.6 is 0 Å². The molecule has 156 valence electrons. The molecule has 0 atom stereocenters. The van der Waals surface area contributed by atoms with Crippen molar-refractivity contribution in [3.05, 3.63) is 53.1 Å². The Morgan fingerprint density at radius 3 is 2.76 bits per heavy atom. The molecule has 0 fully saturated rings. The third-order valence-corrected chi connectivity index (χ3v) is 4.66. The largest absolute Gasteiger partial charge is 0.379 e. The Bertz CT molecular complexity index is 848. The van der Waals surface area contributed by atoms with E-state index in [-0.39, 0.29) is 29.4 Å². The average molecular weight is 402 g/mol. The molecule has 0 saturated heterocycles. The molecule has 2 aromatic rings. The summed E-state index contributed by atoms with van der Waals surface area (Å²) in [6, 6.07) is 7.66. The molecule has 1 aromatic carbocycles. The number of nitrogens with zero attached hydrogens (tertiary/aromatic N) is 3. The molecule has 29 heavy (non-hydrogen) atoms. The molecule has 0 bridgehead atoms. The monoisotopic (exact) mass is 402 g/mol. The molecule has 1 N–H and O–H groups in total. The molecule has 3 rings (SSSR count). The van der Waals surface area contributed by atoms with E-state index in [0.717, 1.165) is 12.0 Å². The van der Waals surface area contributed by atoms with Gasteiger partial charge in [-0.1, -0.05) is 12.1 Å². The predicted molar refractivity (Wildman–Crippen MR) is 106 cm³/mol. The number of amides is 2. The number of rotatable bonds is 8. The van der Waals surface area contributed by atoms with Gasteiger partial charge in [0, 0.05) is 38.9 Å². The molecule has 0 saturated carbocycles. The quantitative estimate of drug-likeness (QED) is 0.689. The van der Waals surface area contributed by atoms with Crippen LogP contribution in [0.2, 0.25) is 0 Å². The molecule has 7 nitrogen and oxygen atoms in total. The van der Waals surface area contributed by atoms with Crippen LogP contribution in [0.3, 0.4) is 0 Å². The third kappa shape index (κ3) is 5.63. The standard InChI is InChI=1S/C21H27FN4O3/c1-15(2)29-12-3-9-23-20(27)18-13-19-21(28)25(10-4-11-26(19)24-18)14-16-5-7-17(22)8-6-16/h5-8,13,15H,3-4,9-12,14H2,1-2H3,(H,23,27). The Morgan fingerprint density at radius 1 is 1.28 bits per heavy atom. The van der Waals surface area contributed by atoms with E-state index < -0.39 is 0 Å². The van der Waals surface area contributed by atoms with Crippen molar-refractivity contribution in [1.82, 2.24) is 20.0 Å². The van der Waals surface area contributed by atoms with Crippen LogP contribution in [0.5, 0.6) is 0 Å². The van der Waals surface area contributed by atoms with Crippen molar-refractivity contribution in [2.24, 2.45) is 0 Å². The summed E-state index contributed by atoms with van der Waals surface area (Å²) in [6.45, 7) is 6.53. The molecule has 0 spiro atoms. The van der Waals surface area contributed by atoms with Gasteiger partial charge in [0.15, 0.2) is 5.69 Å². The van der Waals surface area contributed by atoms with Crippen LogP contribution in [0.1, 0.15) is 53.2 Å². The maximum absolute atomic E-state index is 13.1. The highest BCUT2D eigenvalue weighted by atomic mass is 19.1. The van der Waals surface area contributed by atoms with Crippen LogP contribution in [0.25, 0.3) is 0 Å². The number of carbonyl (C=O) groups is 2. The first-order valence-electron chi connectivity index (χ1n) is 9.95. The minimum Gasteiger partial charge on any atom is -0.379 e. The summed E-state index contributed by atoms with van der Waals surface area (Å²) in [6.07, 6.45) is 1.61. The second-order valence-corrected chi connectivity index (χ2v) is 7.37. The van der Waals surface area contributed by atoms with E-state index in [1.165, 1.54) is 12.1 Å². The molecule has 2 amide bonds. The van der Waals surface area contributed by atoms with Crippen LogP contribution in [0, 0.1) is 5.82 Å². The van der Waals surface area contributed by atoms with E-state index in [0.29, 0.717) is 44.9 Å². The van der Waals surface area contributed by atoms with Crippen molar-refractivity contribution in [1.29, 1.82) is 0 Å². The van der Waals surface area contributed by atoms with Crippen molar-refractivity contribution >= 4 is 11.8 Å². The van der Waals surface area contributed by atoms with E-state index >= 15 is 0 Å². The number of hydrogen-bond donors (Lipinski definition) is 1. The number of fused-ring (bicyclic) bond motifs is 1. The summed E-state index contributed by atoms with van der Waals surface area (Å²) < 4.78 is 20.2. The van der Waals surface area contributed by atoms with Crippen LogP contribution < -0.4 is 5.32 Å². The zero-order valence-corrected chi connectivity index (χ0v) is 16.9. The zero-order chi connectivity index (χ0) is 20.8. The number of benzene rings is 1. The number of hydrogen-bond acceptors (Lipinski definition) is 4. The Labute approximate surface area is 169 Å². The van der Waals surface area contributed by atoms with Gasteiger partial charge in [-0.15, -0.1) is 0 Å². The highest BCUT2D eigenvalue weighted by molar-refractivity contribution is 5.98. The molecular weight excluding hydrogens is 375 g/mol. The van der Waals surface area contributed by atoms with Gasteiger partial charge in [-0.05, 0) is 44.4 Å². The van der Waals surface area contributed by atoms with Gasteiger partial charge in [-0.2, -0.15) is 5.10 Å². The minimum atomic E-state index is -0.305. The van der Waals surface area contributed by atoms with Gasteiger partial charge >= 0.3 is 0 Å². The van der Waals surface area contributed by atoms with Gasteiger partial charge in [-0.3, -0.25) is 14.3 Å². The van der Waals surface area contributed by atoms with Crippen molar-refractivity contribution < 1.29 is 18.7 Å². The summed E-state index contributed by atoms with van der Waals surface area (Å²) in [5, 5.41) is 7.13. The summed E-state index contributed by atoms with van der Waals surface area (Å²) >= 11 is 0. The first-order chi connectivity index (χ1) is 13.9. The lowest BCUT2D eigenvalue weighted by Gasteiger charge is -2.20. The summed E-state index contributed by atoms with van der Waals surface area (Å²) in [5.41, 5.74) is 1.49. The first-order valence-corrected chi connectivity index (χ1v) is 9.95. The smallest absolute Gasteiger partial charge is 0.272 e. The lowest BCUT2D eigenvalue weighted by Crippen LogP contribution is -2.30. The molecule has 0 aliphatic carbocycles. The second kappa shape index (κ2) is 9.65. The van der Waals surface area contributed by atoms with Crippen LogP contribution in [-0.2, 0) is 17.8 Å². The number of ether oxygens (including phenoxy) is 1. The van der Waals surface area contributed by atoms with Gasteiger partial charge < -0.3 is 15.0 Å². The van der Waals surface area contributed by atoms with Crippen molar-refractivity contribution in [2.75, 3.05) is 19.7 Å². The number of halogens is 1.